The number of alkyl halides is 2. The van der Waals surface area contributed by atoms with Gasteiger partial charge in [0, 0.05) is 49.9 Å². The molecule has 0 saturated carbocycles. The first-order valence-corrected chi connectivity index (χ1v) is 14.0. The number of methoxy groups -OCH3 is 2. The Morgan fingerprint density at radius 3 is 2.49 bits per heavy atom. The van der Waals surface area contributed by atoms with Crippen molar-refractivity contribution in [3.05, 3.63) is 47.5 Å². The van der Waals surface area contributed by atoms with Gasteiger partial charge in [-0.1, -0.05) is 31.9 Å². The number of carbonyl (C=O) groups is 1. The van der Waals surface area contributed by atoms with E-state index in [1.165, 1.54) is 0 Å². The fourth-order valence-corrected chi connectivity index (χ4v) is 5.21. The second-order valence-electron chi connectivity index (χ2n) is 10.4. The molecular formula is C30H41F2N3O4. The lowest BCUT2D eigenvalue weighted by molar-refractivity contribution is 0.0123. The molecule has 0 aromatic heterocycles. The number of hydrogen-bond acceptors (Lipinski definition) is 5. The number of amides is 2. The molecule has 0 radical (unpaired) electrons. The largest absolute Gasteiger partial charge is 0.496 e. The molecule has 2 aliphatic heterocycles. The highest BCUT2D eigenvalue weighted by molar-refractivity contribution is 5.93. The molecule has 39 heavy (non-hydrogen) atoms. The predicted molar refractivity (Wildman–Crippen MR) is 148 cm³/mol. The lowest BCUT2D eigenvalue weighted by atomic mass is 10.1. The lowest BCUT2D eigenvalue weighted by Crippen LogP contribution is -2.49. The fraction of sp³-hybridized carbons (Fsp3) is 0.567. The maximum absolute atomic E-state index is 13.5. The van der Waals surface area contributed by atoms with Crippen LogP contribution >= 0.6 is 0 Å². The van der Waals surface area contributed by atoms with E-state index in [2.05, 4.69) is 6.92 Å². The van der Waals surface area contributed by atoms with Gasteiger partial charge in [-0.15, -0.1) is 0 Å². The van der Waals surface area contributed by atoms with Crippen LogP contribution < -0.4 is 19.1 Å². The summed E-state index contributed by atoms with van der Waals surface area (Å²) in [5.41, 5.74) is 2.73. The maximum Gasteiger partial charge on any atom is 0.324 e. The van der Waals surface area contributed by atoms with Gasteiger partial charge in [0.2, 0.25) is 0 Å². The van der Waals surface area contributed by atoms with Crippen LogP contribution in [0.4, 0.5) is 19.3 Å². The molecular weight excluding hydrogens is 504 g/mol. The van der Waals surface area contributed by atoms with E-state index in [-0.39, 0.29) is 19.0 Å². The van der Waals surface area contributed by atoms with Crippen molar-refractivity contribution < 1.29 is 27.8 Å². The van der Waals surface area contributed by atoms with E-state index in [0.29, 0.717) is 63.0 Å². The third kappa shape index (κ3) is 7.53. The van der Waals surface area contributed by atoms with Gasteiger partial charge in [0.25, 0.3) is 5.92 Å². The average Bonchev–Trinajstić information content (AvgIpc) is 3.29. The molecule has 7 nitrogen and oxygen atoms in total. The van der Waals surface area contributed by atoms with Crippen molar-refractivity contribution in [1.82, 2.24) is 9.80 Å². The zero-order chi connectivity index (χ0) is 27.8. The number of nitrogens with zero attached hydrogens (tertiary/aromatic N) is 3. The Morgan fingerprint density at radius 1 is 0.949 bits per heavy atom. The summed E-state index contributed by atoms with van der Waals surface area (Å²) in [7, 11) is 3.23. The van der Waals surface area contributed by atoms with Gasteiger partial charge in [0.1, 0.15) is 5.75 Å². The Labute approximate surface area is 230 Å². The Balaban J connectivity index is 1.41. The molecule has 2 aromatic rings. The number of urea groups is 1. The number of hydrogen-bond donors (Lipinski definition) is 0. The molecule has 0 atom stereocenters. The second kappa shape index (κ2) is 13.3. The van der Waals surface area contributed by atoms with Crippen LogP contribution in [-0.4, -0.2) is 75.3 Å². The van der Waals surface area contributed by atoms with E-state index in [0.717, 1.165) is 42.5 Å². The Bertz CT molecular complexity index is 1110. The first-order chi connectivity index (χ1) is 18.8. The lowest BCUT2D eigenvalue weighted by Gasteiger charge is -2.36. The number of likely N-dealkylation sites (tertiary alicyclic amines) is 1. The van der Waals surface area contributed by atoms with Gasteiger partial charge < -0.3 is 19.1 Å². The topological polar surface area (TPSA) is 54.5 Å². The van der Waals surface area contributed by atoms with Crippen molar-refractivity contribution in [3.63, 3.8) is 0 Å². The summed E-state index contributed by atoms with van der Waals surface area (Å²) in [4.78, 5) is 19.0. The van der Waals surface area contributed by atoms with Crippen LogP contribution in [0.5, 0.6) is 17.2 Å². The molecule has 214 valence electrons. The zero-order valence-corrected chi connectivity index (χ0v) is 23.4. The minimum absolute atomic E-state index is 0.0653. The number of unbranched alkanes of at least 4 members (excludes halogenated alkanes) is 2. The highest BCUT2D eigenvalue weighted by atomic mass is 19.3. The summed E-state index contributed by atoms with van der Waals surface area (Å²) in [5.74, 6) is -0.576. The normalized spacial score (nSPS) is 17.5. The minimum atomic E-state index is -2.58. The number of benzene rings is 2. The van der Waals surface area contributed by atoms with Gasteiger partial charge in [0.15, 0.2) is 11.5 Å². The first-order valence-electron chi connectivity index (χ1n) is 14.0. The van der Waals surface area contributed by atoms with Gasteiger partial charge in [-0.25, -0.2) is 13.6 Å². The zero-order valence-electron chi connectivity index (χ0n) is 23.4. The fourth-order valence-electron chi connectivity index (χ4n) is 5.21. The van der Waals surface area contributed by atoms with Crippen LogP contribution in [0, 0.1) is 0 Å². The molecule has 0 bridgehead atoms. The summed E-state index contributed by atoms with van der Waals surface area (Å²) in [5, 5.41) is 0. The molecule has 2 aromatic carbocycles. The Hall–Kier alpha value is -3.07. The summed E-state index contributed by atoms with van der Waals surface area (Å²) in [6.07, 6.45) is 4.62. The van der Waals surface area contributed by atoms with Crippen LogP contribution in [0.3, 0.4) is 0 Å². The Morgan fingerprint density at radius 2 is 1.77 bits per heavy atom. The van der Waals surface area contributed by atoms with Crippen LogP contribution in [0.25, 0.3) is 0 Å². The molecule has 2 amide bonds. The molecule has 2 heterocycles. The Kier molecular flexibility index (Phi) is 9.88. The van der Waals surface area contributed by atoms with E-state index < -0.39 is 5.92 Å². The van der Waals surface area contributed by atoms with Crippen molar-refractivity contribution in [3.8, 4) is 17.2 Å². The van der Waals surface area contributed by atoms with E-state index in [4.69, 9.17) is 14.2 Å². The van der Waals surface area contributed by atoms with Crippen molar-refractivity contribution in [2.75, 3.05) is 58.5 Å². The molecule has 4 rings (SSSR count). The van der Waals surface area contributed by atoms with Crippen LogP contribution in [-0.2, 0) is 13.0 Å². The molecule has 9 heteroatoms. The van der Waals surface area contributed by atoms with Gasteiger partial charge in [-0.3, -0.25) is 9.80 Å². The standard InChI is InChI=1S/C30H41F2N3O4/c1-4-5-6-18-39-28-20-25(10-11-26(28)37-2)35-15-7-14-34(29(35)36)21-24-9-8-23(19-27(24)38-3)12-16-33-17-13-30(31,32)22-33/h8-11,19-20H,4-7,12-18,21-22H2,1-3H3. The van der Waals surface area contributed by atoms with Crippen LogP contribution in [0.15, 0.2) is 36.4 Å². The summed E-state index contributed by atoms with van der Waals surface area (Å²) in [6, 6.07) is 11.5. The molecule has 0 spiro atoms. The van der Waals surface area contributed by atoms with Gasteiger partial charge in [-0.05, 0) is 43.0 Å². The molecule has 2 fully saturated rings. The van der Waals surface area contributed by atoms with Crippen molar-refractivity contribution >= 4 is 11.7 Å². The molecule has 0 aliphatic carbocycles. The predicted octanol–water partition coefficient (Wildman–Crippen LogP) is 5.99. The number of rotatable bonds is 13. The molecule has 0 N–H and O–H groups in total. The van der Waals surface area contributed by atoms with E-state index in [1.807, 2.05) is 46.2 Å². The average molecular weight is 546 g/mol. The number of halogens is 2. The van der Waals surface area contributed by atoms with Crippen molar-refractivity contribution in [1.29, 1.82) is 0 Å². The molecule has 0 unspecified atom stereocenters. The highest BCUT2D eigenvalue weighted by Crippen LogP contribution is 2.34. The van der Waals surface area contributed by atoms with Crippen LogP contribution in [0.1, 0.15) is 50.2 Å². The van der Waals surface area contributed by atoms with Gasteiger partial charge >= 0.3 is 6.03 Å². The summed E-state index contributed by atoms with van der Waals surface area (Å²) >= 11 is 0. The highest BCUT2D eigenvalue weighted by Gasteiger charge is 2.37. The molecule has 2 saturated heterocycles. The monoisotopic (exact) mass is 545 g/mol. The SMILES string of the molecule is CCCCCOc1cc(N2CCCN(Cc3ccc(CCN4CCC(F)(F)C4)cc3OC)C2=O)ccc1OC. The number of ether oxygens (including phenoxy) is 3. The summed E-state index contributed by atoms with van der Waals surface area (Å²) < 4.78 is 44.1. The smallest absolute Gasteiger partial charge is 0.324 e. The first kappa shape index (κ1) is 28.9. The van der Waals surface area contributed by atoms with E-state index in [9.17, 15) is 13.6 Å². The second-order valence-corrected chi connectivity index (χ2v) is 10.4. The third-order valence-electron chi connectivity index (χ3n) is 7.45. The maximum atomic E-state index is 13.5. The van der Waals surface area contributed by atoms with Crippen molar-refractivity contribution in [2.45, 2.75) is 57.9 Å². The third-order valence-corrected chi connectivity index (χ3v) is 7.45. The van der Waals surface area contributed by atoms with E-state index >= 15 is 0 Å². The van der Waals surface area contributed by atoms with Gasteiger partial charge in [-0.2, -0.15) is 0 Å². The van der Waals surface area contributed by atoms with Crippen molar-refractivity contribution in [2.24, 2.45) is 0 Å². The van der Waals surface area contributed by atoms with Gasteiger partial charge in [0.05, 0.1) is 33.9 Å². The minimum Gasteiger partial charge on any atom is -0.496 e. The molecule has 2 aliphatic rings. The number of carbonyl (C=O) groups excluding carboxylic acids is 1. The van der Waals surface area contributed by atoms with Crippen LogP contribution in [0.2, 0.25) is 0 Å². The van der Waals surface area contributed by atoms with E-state index in [1.54, 1.807) is 19.1 Å². The summed E-state index contributed by atoms with van der Waals surface area (Å²) in [6.45, 7) is 5.31. The number of anilines is 1. The quantitative estimate of drug-likeness (QED) is 0.290.